The highest BCUT2D eigenvalue weighted by molar-refractivity contribution is 5.75. The molecule has 1 saturated heterocycles. The Morgan fingerprint density at radius 3 is 2.28 bits per heavy atom. The summed E-state index contributed by atoms with van der Waals surface area (Å²) < 4.78 is 5.22. The van der Waals surface area contributed by atoms with Crippen LogP contribution in [0.25, 0.3) is 0 Å². The summed E-state index contributed by atoms with van der Waals surface area (Å²) >= 11 is 0. The molecule has 1 aliphatic rings. The van der Waals surface area contributed by atoms with Crippen molar-refractivity contribution in [3.63, 3.8) is 0 Å². The molecule has 0 saturated carbocycles. The van der Waals surface area contributed by atoms with E-state index in [9.17, 15) is 10.1 Å². The quantitative estimate of drug-likeness (QED) is 0.458. The summed E-state index contributed by atoms with van der Waals surface area (Å²) in [5.41, 5.74) is 4.00. The topological polar surface area (TPSA) is 96.7 Å². The van der Waals surface area contributed by atoms with E-state index in [1.807, 2.05) is 61.2 Å². The summed E-state index contributed by atoms with van der Waals surface area (Å²) in [6.07, 6.45) is 1.38. The van der Waals surface area contributed by atoms with Crippen LogP contribution in [0.4, 0.5) is 28.7 Å². The van der Waals surface area contributed by atoms with Crippen molar-refractivity contribution in [2.45, 2.75) is 13.8 Å². The third-order valence-electron chi connectivity index (χ3n) is 5.77. The van der Waals surface area contributed by atoms with Crippen LogP contribution in [0.5, 0.6) is 5.75 Å². The standard InChI is InChI=1S/C23H26N6O3/c1-16-4-5-18(14-17(16)2)26-22-21(29(30)31)23(25-15-24-22)28-12-10-27(11-13-28)19-6-8-20(32-3)9-7-19/h4-9,14-15H,10-13H2,1-3H3,(H,24,25,26). The maximum absolute atomic E-state index is 12.0. The van der Waals surface area contributed by atoms with E-state index >= 15 is 0 Å². The molecular formula is C23H26N6O3. The second-order valence-corrected chi connectivity index (χ2v) is 7.75. The number of nitrogens with zero attached hydrogens (tertiary/aromatic N) is 5. The van der Waals surface area contributed by atoms with Crippen LogP contribution in [0, 0.1) is 24.0 Å². The molecule has 2 aromatic carbocycles. The van der Waals surface area contributed by atoms with Crippen LogP contribution in [0.3, 0.4) is 0 Å². The molecule has 0 bridgehead atoms. The summed E-state index contributed by atoms with van der Waals surface area (Å²) in [4.78, 5) is 24.2. The number of piperazine rings is 1. The predicted molar refractivity (Wildman–Crippen MR) is 125 cm³/mol. The zero-order valence-electron chi connectivity index (χ0n) is 18.4. The Balaban J connectivity index is 1.54. The fourth-order valence-corrected chi connectivity index (χ4v) is 3.79. The SMILES string of the molecule is COc1ccc(N2CCN(c3ncnc(Nc4ccc(C)c(C)c4)c3[N+](=O)[O-])CC2)cc1. The Hall–Kier alpha value is -3.88. The lowest BCUT2D eigenvalue weighted by molar-refractivity contribution is -0.383. The van der Waals surface area contributed by atoms with Gasteiger partial charge in [0.15, 0.2) is 0 Å². The minimum Gasteiger partial charge on any atom is -0.497 e. The lowest BCUT2D eigenvalue weighted by Crippen LogP contribution is -2.47. The van der Waals surface area contributed by atoms with Gasteiger partial charge in [0.2, 0.25) is 11.6 Å². The number of anilines is 4. The first-order valence-corrected chi connectivity index (χ1v) is 10.4. The van der Waals surface area contributed by atoms with Gasteiger partial charge in [-0.15, -0.1) is 0 Å². The van der Waals surface area contributed by atoms with Gasteiger partial charge in [0.25, 0.3) is 0 Å². The summed E-state index contributed by atoms with van der Waals surface area (Å²) in [7, 11) is 1.64. The van der Waals surface area contributed by atoms with Gasteiger partial charge in [0, 0.05) is 37.6 Å². The Bertz CT molecular complexity index is 1110. The third kappa shape index (κ3) is 4.41. The molecule has 0 spiro atoms. The van der Waals surface area contributed by atoms with Gasteiger partial charge >= 0.3 is 5.69 Å². The molecule has 1 N–H and O–H groups in total. The number of nitro groups is 1. The molecule has 32 heavy (non-hydrogen) atoms. The maximum Gasteiger partial charge on any atom is 0.353 e. The number of rotatable bonds is 6. The van der Waals surface area contributed by atoms with Crippen LogP contribution in [0.1, 0.15) is 11.1 Å². The zero-order valence-corrected chi connectivity index (χ0v) is 18.4. The second kappa shape index (κ2) is 9.09. The van der Waals surface area contributed by atoms with E-state index in [-0.39, 0.29) is 11.5 Å². The summed E-state index contributed by atoms with van der Waals surface area (Å²) in [5.74, 6) is 1.35. The lowest BCUT2D eigenvalue weighted by atomic mass is 10.1. The molecule has 166 valence electrons. The molecule has 1 aliphatic heterocycles. The molecule has 0 amide bonds. The molecular weight excluding hydrogens is 408 g/mol. The van der Waals surface area contributed by atoms with E-state index in [1.54, 1.807) is 7.11 Å². The van der Waals surface area contributed by atoms with E-state index in [1.165, 1.54) is 6.33 Å². The molecule has 0 atom stereocenters. The first kappa shape index (κ1) is 21.4. The number of nitrogens with one attached hydrogen (secondary N) is 1. The Labute approximate surface area is 186 Å². The fraction of sp³-hybridized carbons (Fsp3) is 0.304. The molecule has 3 aromatic rings. The molecule has 0 aliphatic carbocycles. The zero-order chi connectivity index (χ0) is 22.7. The normalized spacial score (nSPS) is 13.7. The van der Waals surface area contributed by atoms with Crippen molar-refractivity contribution in [1.29, 1.82) is 0 Å². The Morgan fingerprint density at radius 2 is 1.66 bits per heavy atom. The number of aryl methyl sites for hydroxylation is 2. The number of hydrogen-bond donors (Lipinski definition) is 1. The van der Waals surface area contributed by atoms with E-state index in [4.69, 9.17) is 4.74 Å². The molecule has 0 unspecified atom stereocenters. The first-order chi connectivity index (χ1) is 15.5. The first-order valence-electron chi connectivity index (χ1n) is 10.4. The van der Waals surface area contributed by atoms with E-state index in [0.29, 0.717) is 18.9 Å². The average Bonchev–Trinajstić information content (AvgIpc) is 2.81. The summed E-state index contributed by atoms with van der Waals surface area (Å²) in [6, 6.07) is 13.7. The second-order valence-electron chi connectivity index (χ2n) is 7.75. The van der Waals surface area contributed by atoms with Crippen LogP contribution in [0.15, 0.2) is 48.8 Å². The number of ether oxygens (including phenoxy) is 1. The van der Waals surface area contributed by atoms with Crippen LogP contribution >= 0.6 is 0 Å². The smallest absolute Gasteiger partial charge is 0.353 e. The van der Waals surface area contributed by atoms with Crippen molar-refractivity contribution in [2.24, 2.45) is 0 Å². The highest BCUT2D eigenvalue weighted by atomic mass is 16.6. The van der Waals surface area contributed by atoms with Crippen LogP contribution in [-0.4, -0.2) is 48.2 Å². The molecule has 1 aromatic heterocycles. The minimum atomic E-state index is -0.408. The van der Waals surface area contributed by atoms with Gasteiger partial charge in [-0.05, 0) is 61.4 Å². The number of aromatic nitrogens is 2. The van der Waals surface area contributed by atoms with E-state index in [2.05, 4.69) is 20.2 Å². The lowest BCUT2D eigenvalue weighted by Gasteiger charge is -2.36. The highest BCUT2D eigenvalue weighted by Gasteiger charge is 2.29. The van der Waals surface area contributed by atoms with Gasteiger partial charge in [0.05, 0.1) is 12.0 Å². The van der Waals surface area contributed by atoms with Crippen molar-refractivity contribution in [1.82, 2.24) is 9.97 Å². The molecule has 1 fully saturated rings. The summed E-state index contributed by atoms with van der Waals surface area (Å²) in [6.45, 7) is 6.72. The molecule has 0 radical (unpaired) electrons. The molecule has 4 rings (SSSR count). The van der Waals surface area contributed by atoms with Gasteiger partial charge in [-0.2, -0.15) is 0 Å². The van der Waals surface area contributed by atoms with Gasteiger partial charge in [-0.25, -0.2) is 9.97 Å². The molecule has 9 heteroatoms. The van der Waals surface area contributed by atoms with Crippen LogP contribution < -0.4 is 19.9 Å². The Kier molecular flexibility index (Phi) is 6.07. The monoisotopic (exact) mass is 434 g/mol. The number of methoxy groups -OCH3 is 1. The number of benzene rings is 2. The largest absolute Gasteiger partial charge is 0.497 e. The highest BCUT2D eigenvalue weighted by Crippen LogP contribution is 2.34. The van der Waals surface area contributed by atoms with Crippen molar-refractivity contribution >= 4 is 28.7 Å². The van der Waals surface area contributed by atoms with Crippen molar-refractivity contribution in [3.05, 3.63) is 70.0 Å². The Morgan fingerprint density at radius 1 is 0.969 bits per heavy atom. The third-order valence-corrected chi connectivity index (χ3v) is 5.77. The van der Waals surface area contributed by atoms with Gasteiger partial charge in [0.1, 0.15) is 12.1 Å². The van der Waals surface area contributed by atoms with E-state index in [0.717, 1.165) is 41.3 Å². The van der Waals surface area contributed by atoms with Crippen LogP contribution in [-0.2, 0) is 0 Å². The predicted octanol–water partition coefficient (Wildman–Crippen LogP) is 4.08. The molecule has 9 nitrogen and oxygen atoms in total. The fourth-order valence-electron chi connectivity index (χ4n) is 3.79. The van der Waals surface area contributed by atoms with Crippen molar-refractivity contribution in [3.8, 4) is 5.75 Å². The van der Waals surface area contributed by atoms with Gasteiger partial charge in [-0.3, -0.25) is 10.1 Å². The van der Waals surface area contributed by atoms with Crippen molar-refractivity contribution < 1.29 is 9.66 Å². The number of hydrogen-bond acceptors (Lipinski definition) is 8. The minimum absolute atomic E-state index is 0.108. The summed E-state index contributed by atoms with van der Waals surface area (Å²) in [5, 5.41) is 15.1. The van der Waals surface area contributed by atoms with Gasteiger partial charge < -0.3 is 19.9 Å². The van der Waals surface area contributed by atoms with Crippen molar-refractivity contribution in [2.75, 3.05) is 48.4 Å². The van der Waals surface area contributed by atoms with E-state index < -0.39 is 4.92 Å². The van der Waals surface area contributed by atoms with Crippen LogP contribution in [0.2, 0.25) is 0 Å². The van der Waals surface area contributed by atoms with Gasteiger partial charge in [-0.1, -0.05) is 6.07 Å². The average molecular weight is 435 g/mol. The molecule has 2 heterocycles. The maximum atomic E-state index is 12.0.